The third kappa shape index (κ3) is 3.04. The average molecular weight is 366 g/mol. The number of alkyl halides is 3. The van der Waals surface area contributed by atoms with Crippen LogP contribution in [0.1, 0.15) is 37.7 Å². The zero-order chi connectivity index (χ0) is 19.3. The number of hydrogen-bond acceptors (Lipinski definition) is 4. The number of hydrogen-bond donors (Lipinski definition) is 1. The van der Waals surface area contributed by atoms with Gasteiger partial charge in [0.2, 0.25) is 0 Å². The van der Waals surface area contributed by atoms with Crippen LogP contribution < -0.4 is 5.56 Å². The van der Waals surface area contributed by atoms with E-state index in [1.54, 1.807) is 20.8 Å². The minimum atomic E-state index is -4.50. The van der Waals surface area contributed by atoms with E-state index in [-0.39, 0.29) is 29.0 Å². The third-order valence-corrected chi connectivity index (χ3v) is 3.96. The van der Waals surface area contributed by atoms with Crippen molar-refractivity contribution in [1.29, 1.82) is 0 Å². The molecule has 0 unspecified atom stereocenters. The maximum Gasteiger partial charge on any atom is 0.416 e. The van der Waals surface area contributed by atoms with Crippen LogP contribution in [0.25, 0.3) is 11.0 Å². The molecule has 3 aromatic rings. The Kier molecular flexibility index (Phi) is 4.05. The summed E-state index contributed by atoms with van der Waals surface area (Å²) < 4.78 is 41.3. The number of halogens is 3. The first-order valence-corrected chi connectivity index (χ1v) is 7.83. The van der Waals surface area contributed by atoms with Gasteiger partial charge in [-0.1, -0.05) is 39.0 Å². The second kappa shape index (κ2) is 5.86. The van der Waals surface area contributed by atoms with Crippen LogP contribution in [-0.4, -0.2) is 24.7 Å². The highest BCUT2D eigenvalue weighted by Gasteiger charge is 2.33. The minimum Gasteiger partial charge on any atom is -0.424 e. The Balaban J connectivity index is 2.17. The Hall–Kier alpha value is -2.84. The van der Waals surface area contributed by atoms with Crippen molar-refractivity contribution in [2.24, 2.45) is 0 Å². The highest BCUT2D eigenvalue weighted by atomic mass is 19.4. The van der Waals surface area contributed by atoms with Crippen LogP contribution in [0.5, 0.6) is 0 Å². The lowest BCUT2D eigenvalue weighted by molar-refractivity contribution is -0.138. The van der Waals surface area contributed by atoms with Gasteiger partial charge in [0.05, 0.1) is 18.3 Å². The number of rotatable bonds is 2. The van der Waals surface area contributed by atoms with E-state index in [0.29, 0.717) is 4.73 Å². The number of benzene rings is 1. The Morgan fingerprint density at radius 2 is 1.81 bits per heavy atom. The molecule has 26 heavy (non-hydrogen) atoms. The smallest absolute Gasteiger partial charge is 0.416 e. The molecular formula is C17H17F3N4O2. The molecule has 0 aliphatic carbocycles. The molecule has 0 bridgehead atoms. The SMILES string of the molecule is CC(C)(C)c1nc2c(cnn2Cc2ccccc2C(F)(F)F)c(=O)n1O. The van der Waals surface area contributed by atoms with Gasteiger partial charge in [0.15, 0.2) is 11.5 Å². The molecular weight excluding hydrogens is 349 g/mol. The van der Waals surface area contributed by atoms with E-state index in [1.807, 2.05) is 0 Å². The number of aromatic nitrogens is 4. The summed E-state index contributed by atoms with van der Waals surface area (Å²) in [6.07, 6.45) is -3.30. The zero-order valence-electron chi connectivity index (χ0n) is 14.4. The summed E-state index contributed by atoms with van der Waals surface area (Å²) in [5, 5.41) is 14.1. The molecule has 0 radical (unpaired) electrons. The zero-order valence-corrected chi connectivity index (χ0v) is 14.4. The Bertz CT molecular complexity index is 1030. The van der Waals surface area contributed by atoms with Gasteiger partial charge in [0, 0.05) is 5.41 Å². The van der Waals surface area contributed by atoms with Crippen LogP contribution in [0.15, 0.2) is 35.3 Å². The van der Waals surface area contributed by atoms with Crippen molar-refractivity contribution in [2.75, 3.05) is 0 Å². The number of fused-ring (bicyclic) bond motifs is 1. The summed E-state index contributed by atoms with van der Waals surface area (Å²) in [6.45, 7) is 5.07. The van der Waals surface area contributed by atoms with E-state index in [2.05, 4.69) is 10.1 Å². The summed E-state index contributed by atoms with van der Waals surface area (Å²) in [7, 11) is 0. The Morgan fingerprint density at radius 1 is 1.15 bits per heavy atom. The fourth-order valence-corrected chi connectivity index (χ4v) is 2.70. The van der Waals surface area contributed by atoms with Crippen molar-refractivity contribution in [3.05, 3.63) is 57.8 Å². The largest absolute Gasteiger partial charge is 0.424 e. The van der Waals surface area contributed by atoms with E-state index in [0.717, 1.165) is 6.07 Å². The molecule has 0 saturated carbocycles. The van der Waals surface area contributed by atoms with Gasteiger partial charge in [-0.15, -0.1) is 4.73 Å². The fraction of sp³-hybridized carbons (Fsp3) is 0.353. The van der Waals surface area contributed by atoms with Gasteiger partial charge in [-0.25, -0.2) is 9.67 Å². The van der Waals surface area contributed by atoms with Crippen molar-refractivity contribution < 1.29 is 18.4 Å². The van der Waals surface area contributed by atoms with Gasteiger partial charge in [-0.2, -0.15) is 18.3 Å². The molecule has 1 N–H and O–H groups in total. The quantitative estimate of drug-likeness (QED) is 0.707. The maximum absolute atomic E-state index is 13.2. The second-order valence-electron chi connectivity index (χ2n) is 7.00. The molecule has 0 spiro atoms. The summed E-state index contributed by atoms with van der Waals surface area (Å²) >= 11 is 0. The molecule has 0 fully saturated rings. The lowest BCUT2D eigenvalue weighted by atomic mass is 9.95. The van der Waals surface area contributed by atoms with E-state index in [1.165, 1.54) is 29.1 Å². The first kappa shape index (κ1) is 18.0. The standard InChI is InChI=1S/C17H17F3N4O2/c1-16(2,3)15-22-13-11(14(25)24(15)26)8-21-23(13)9-10-6-4-5-7-12(10)17(18,19)20/h4-8,26H,9H2,1-3H3. The van der Waals surface area contributed by atoms with Crippen LogP contribution in [0.4, 0.5) is 13.2 Å². The molecule has 138 valence electrons. The van der Waals surface area contributed by atoms with Gasteiger partial charge >= 0.3 is 6.18 Å². The summed E-state index contributed by atoms with van der Waals surface area (Å²) in [6, 6.07) is 5.17. The molecule has 9 heteroatoms. The van der Waals surface area contributed by atoms with Crippen molar-refractivity contribution >= 4 is 11.0 Å². The van der Waals surface area contributed by atoms with Crippen LogP contribution >= 0.6 is 0 Å². The van der Waals surface area contributed by atoms with Crippen LogP contribution in [-0.2, 0) is 18.1 Å². The van der Waals surface area contributed by atoms with Crippen LogP contribution in [0.3, 0.4) is 0 Å². The number of nitrogens with zero attached hydrogens (tertiary/aromatic N) is 4. The molecule has 0 atom stereocenters. The monoisotopic (exact) mass is 366 g/mol. The molecule has 6 nitrogen and oxygen atoms in total. The highest BCUT2D eigenvalue weighted by molar-refractivity contribution is 5.73. The minimum absolute atomic E-state index is 0.0114. The van der Waals surface area contributed by atoms with E-state index < -0.39 is 22.7 Å². The first-order chi connectivity index (χ1) is 12.0. The molecule has 0 saturated heterocycles. The van der Waals surface area contributed by atoms with E-state index >= 15 is 0 Å². The maximum atomic E-state index is 13.2. The van der Waals surface area contributed by atoms with E-state index in [4.69, 9.17) is 0 Å². The molecule has 0 aliphatic rings. The predicted molar refractivity (Wildman–Crippen MR) is 88.2 cm³/mol. The fourth-order valence-electron chi connectivity index (χ4n) is 2.70. The van der Waals surface area contributed by atoms with Gasteiger partial charge in [0.25, 0.3) is 5.56 Å². The van der Waals surface area contributed by atoms with Gasteiger partial charge < -0.3 is 5.21 Å². The van der Waals surface area contributed by atoms with E-state index in [9.17, 15) is 23.2 Å². The lowest BCUT2D eigenvalue weighted by Gasteiger charge is -2.19. The van der Waals surface area contributed by atoms with Crippen molar-refractivity contribution in [3.8, 4) is 0 Å². The molecule has 3 rings (SSSR count). The summed E-state index contributed by atoms with van der Waals surface area (Å²) in [5.41, 5.74) is -1.99. The lowest BCUT2D eigenvalue weighted by Crippen LogP contribution is -2.30. The average Bonchev–Trinajstić information content (AvgIpc) is 2.92. The molecule has 2 aromatic heterocycles. The normalized spacial score (nSPS) is 12.7. The van der Waals surface area contributed by atoms with Crippen LogP contribution in [0.2, 0.25) is 0 Å². The second-order valence-corrected chi connectivity index (χ2v) is 7.00. The first-order valence-electron chi connectivity index (χ1n) is 7.83. The summed E-state index contributed by atoms with van der Waals surface area (Å²) in [4.78, 5) is 16.6. The molecule has 0 aliphatic heterocycles. The molecule has 0 amide bonds. The highest BCUT2D eigenvalue weighted by Crippen LogP contribution is 2.32. The van der Waals surface area contributed by atoms with Crippen LogP contribution in [0, 0.1) is 0 Å². The van der Waals surface area contributed by atoms with Crippen molar-refractivity contribution in [3.63, 3.8) is 0 Å². The van der Waals surface area contributed by atoms with Crippen molar-refractivity contribution in [2.45, 2.75) is 38.9 Å². The summed E-state index contributed by atoms with van der Waals surface area (Å²) in [5.74, 6) is 0.0980. The molecule has 1 aromatic carbocycles. The molecule has 2 heterocycles. The third-order valence-electron chi connectivity index (χ3n) is 3.96. The van der Waals surface area contributed by atoms with Gasteiger partial charge in [0.1, 0.15) is 5.39 Å². The predicted octanol–water partition coefficient (Wildman–Crippen LogP) is 3.19. The topological polar surface area (TPSA) is 72.9 Å². The van der Waals surface area contributed by atoms with Gasteiger partial charge in [-0.3, -0.25) is 4.79 Å². The van der Waals surface area contributed by atoms with Gasteiger partial charge in [-0.05, 0) is 11.6 Å². The Morgan fingerprint density at radius 3 is 2.42 bits per heavy atom. The van der Waals surface area contributed by atoms with Crippen molar-refractivity contribution in [1.82, 2.24) is 19.5 Å². The Labute approximate surface area is 146 Å².